The van der Waals surface area contributed by atoms with E-state index in [1.807, 2.05) is 24.3 Å². The Morgan fingerprint density at radius 3 is 2.72 bits per heavy atom. The number of hydrogen-bond donors (Lipinski definition) is 1. The van der Waals surface area contributed by atoms with E-state index in [-0.39, 0.29) is 0 Å². The maximum absolute atomic E-state index is 5.91. The standard InChI is InChI=1S/C13H11ClN4/c14-10-5-6-18-13(8-10)16-12(17-18)7-9-1-3-11(15)4-2-9/h1-6,8H,7,15H2. The summed E-state index contributed by atoms with van der Waals surface area (Å²) in [4.78, 5) is 4.43. The van der Waals surface area contributed by atoms with Crippen molar-refractivity contribution < 1.29 is 0 Å². The molecular weight excluding hydrogens is 248 g/mol. The van der Waals surface area contributed by atoms with Gasteiger partial charge in [-0.2, -0.15) is 5.10 Å². The molecule has 2 heterocycles. The van der Waals surface area contributed by atoms with E-state index in [1.54, 1.807) is 22.8 Å². The molecule has 0 fully saturated rings. The second kappa shape index (κ2) is 4.31. The van der Waals surface area contributed by atoms with E-state index in [0.717, 1.165) is 22.7 Å². The van der Waals surface area contributed by atoms with Crippen LogP contribution >= 0.6 is 11.6 Å². The van der Waals surface area contributed by atoms with Gasteiger partial charge in [0, 0.05) is 29.4 Å². The molecule has 0 bridgehead atoms. The van der Waals surface area contributed by atoms with Crippen LogP contribution in [0.3, 0.4) is 0 Å². The molecule has 0 unspecified atom stereocenters. The maximum Gasteiger partial charge on any atom is 0.157 e. The van der Waals surface area contributed by atoms with E-state index in [2.05, 4.69) is 10.1 Å². The van der Waals surface area contributed by atoms with Crippen LogP contribution in [0.15, 0.2) is 42.6 Å². The molecular formula is C13H11ClN4. The normalized spacial score (nSPS) is 10.9. The first-order chi connectivity index (χ1) is 8.70. The smallest absolute Gasteiger partial charge is 0.157 e. The summed E-state index contributed by atoms with van der Waals surface area (Å²) in [6, 6.07) is 11.3. The summed E-state index contributed by atoms with van der Waals surface area (Å²) >= 11 is 5.91. The molecule has 18 heavy (non-hydrogen) atoms. The van der Waals surface area contributed by atoms with Gasteiger partial charge in [-0.1, -0.05) is 23.7 Å². The van der Waals surface area contributed by atoms with Crippen LogP contribution in [-0.4, -0.2) is 14.6 Å². The fourth-order valence-corrected chi connectivity index (χ4v) is 1.95. The lowest BCUT2D eigenvalue weighted by atomic mass is 10.1. The number of fused-ring (bicyclic) bond motifs is 1. The topological polar surface area (TPSA) is 56.2 Å². The second-order valence-corrected chi connectivity index (χ2v) is 4.53. The van der Waals surface area contributed by atoms with Gasteiger partial charge in [0.25, 0.3) is 0 Å². The maximum atomic E-state index is 5.91. The SMILES string of the molecule is Nc1ccc(Cc2nc3cc(Cl)ccn3n2)cc1. The Bertz CT molecular complexity index is 688. The first kappa shape index (κ1) is 11.0. The average Bonchev–Trinajstić information content (AvgIpc) is 2.73. The summed E-state index contributed by atoms with van der Waals surface area (Å²) in [5.74, 6) is 0.766. The Balaban J connectivity index is 1.92. The van der Waals surface area contributed by atoms with Gasteiger partial charge in [0.15, 0.2) is 11.5 Å². The number of benzene rings is 1. The summed E-state index contributed by atoms with van der Waals surface area (Å²) in [6.45, 7) is 0. The molecule has 0 amide bonds. The first-order valence-electron chi connectivity index (χ1n) is 5.56. The second-order valence-electron chi connectivity index (χ2n) is 4.09. The molecule has 0 aliphatic heterocycles. The van der Waals surface area contributed by atoms with Crippen LogP contribution in [0, 0.1) is 0 Å². The highest BCUT2D eigenvalue weighted by molar-refractivity contribution is 6.30. The Labute approximate surface area is 109 Å². The van der Waals surface area contributed by atoms with Crippen molar-refractivity contribution in [3.63, 3.8) is 0 Å². The van der Waals surface area contributed by atoms with Crippen molar-refractivity contribution in [2.45, 2.75) is 6.42 Å². The van der Waals surface area contributed by atoms with E-state index in [1.165, 1.54) is 0 Å². The number of nitrogens with two attached hydrogens (primary N) is 1. The largest absolute Gasteiger partial charge is 0.399 e. The third kappa shape index (κ3) is 2.15. The van der Waals surface area contributed by atoms with Gasteiger partial charge >= 0.3 is 0 Å². The van der Waals surface area contributed by atoms with Gasteiger partial charge < -0.3 is 5.73 Å². The summed E-state index contributed by atoms with van der Waals surface area (Å²) < 4.78 is 1.72. The molecule has 2 aromatic heterocycles. The zero-order valence-corrected chi connectivity index (χ0v) is 10.3. The Hall–Kier alpha value is -2.07. The van der Waals surface area contributed by atoms with Crippen LogP contribution in [0.5, 0.6) is 0 Å². The molecule has 3 rings (SSSR count). The van der Waals surface area contributed by atoms with Crippen molar-refractivity contribution in [1.82, 2.24) is 14.6 Å². The lowest BCUT2D eigenvalue weighted by Gasteiger charge is -1.97. The molecule has 0 radical (unpaired) electrons. The third-order valence-corrected chi connectivity index (χ3v) is 2.92. The zero-order valence-electron chi connectivity index (χ0n) is 9.55. The minimum Gasteiger partial charge on any atom is -0.399 e. The molecule has 90 valence electrons. The van der Waals surface area contributed by atoms with Gasteiger partial charge in [-0.3, -0.25) is 0 Å². The first-order valence-corrected chi connectivity index (χ1v) is 5.94. The average molecular weight is 259 g/mol. The van der Waals surface area contributed by atoms with Crippen LogP contribution in [0.25, 0.3) is 5.65 Å². The predicted molar refractivity (Wildman–Crippen MR) is 71.7 cm³/mol. The van der Waals surface area contributed by atoms with E-state index >= 15 is 0 Å². The van der Waals surface area contributed by atoms with Crippen LogP contribution < -0.4 is 5.73 Å². The number of nitrogens with zero attached hydrogens (tertiary/aromatic N) is 3. The Morgan fingerprint density at radius 1 is 1.17 bits per heavy atom. The highest BCUT2D eigenvalue weighted by atomic mass is 35.5. The molecule has 3 aromatic rings. The summed E-state index contributed by atoms with van der Waals surface area (Å²) in [5.41, 5.74) is 8.29. The molecule has 0 aliphatic carbocycles. The van der Waals surface area contributed by atoms with Gasteiger partial charge in [0.2, 0.25) is 0 Å². The van der Waals surface area contributed by atoms with Crippen molar-refractivity contribution in [2.24, 2.45) is 0 Å². The van der Waals surface area contributed by atoms with Crippen molar-refractivity contribution in [3.05, 3.63) is 59.0 Å². The van der Waals surface area contributed by atoms with Crippen LogP contribution in [0.4, 0.5) is 5.69 Å². The van der Waals surface area contributed by atoms with Gasteiger partial charge in [0.1, 0.15) is 0 Å². The molecule has 0 aliphatic rings. The van der Waals surface area contributed by atoms with Crippen LogP contribution in [-0.2, 0) is 6.42 Å². The quantitative estimate of drug-likeness (QED) is 0.719. The molecule has 4 nitrogen and oxygen atoms in total. The van der Waals surface area contributed by atoms with Gasteiger partial charge in [-0.05, 0) is 23.8 Å². The number of nitrogen functional groups attached to an aromatic ring is 1. The van der Waals surface area contributed by atoms with Crippen molar-refractivity contribution in [3.8, 4) is 0 Å². The number of pyridine rings is 1. The van der Waals surface area contributed by atoms with Gasteiger partial charge in [-0.25, -0.2) is 9.50 Å². The van der Waals surface area contributed by atoms with Crippen LogP contribution in [0.2, 0.25) is 5.02 Å². The van der Waals surface area contributed by atoms with E-state index < -0.39 is 0 Å². The minimum atomic E-state index is 0.661. The molecule has 1 aromatic carbocycles. The van der Waals surface area contributed by atoms with E-state index in [0.29, 0.717) is 11.4 Å². The van der Waals surface area contributed by atoms with Gasteiger partial charge in [-0.15, -0.1) is 0 Å². The fraction of sp³-hybridized carbons (Fsp3) is 0.0769. The molecule has 2 N–H and O–H groups in total. The number of aromatic nitrogens is 3. The third-order valence-electron chi connectivity index (χ3n) is 2.69. The summed E-state index contributed by atoms with van der Waals surface area (Å²) in [5, 5.41) is 5.05. The zero-order chi connectivity index (χ0) is 12.5. The number of halogens is 1. The lowest BCUT2D eigenvalue weighted by Crippen LogP contribution is -1.92. The summed E-state index contributed by atoms with van der Waals surface area (Å²) in [6.07, 6.45) is 2.48. The number of hydrogen-bond acceptors (Lipinski definition) is 3. The van der Waals surface area contributed by atoms with Crippen molar-refractivity contribution in [2.75, 3.05) is 5.73 Å². The Morgan fingerprint density at radius 2 is 1.94 bits per heavy atom. The molecule has 5 heteroatoms. The van der Waals surface area contributed by atoms with E-state index in [4.69, 9.17) is 17.3 Å². The number of rotatable bonds is 2. The van der Waals surface area contributed by atoms with E-state index in [9.17, 15) is 0 Å². The highest BCUT2D eigenvalue weighted by Gasteiger charge is 2.05. The lowest BCUT2D eigenvalue weighted by molar-refractivity contribution is 0.900. The number of anilines is 1. The molecule has 0 atom stereocenters. The fourth-order valence-electron chi connectivity index (χ4n) is 1.80. The molecule has 0 saturated carbocycles. The molecule has 0 spiro atoms. The minimum absolute atomic E-state index is 0.661. The van der Waals surface area contributed by atoms with Crippen molar-refractivity contribution in [1.29, 1.82) is 0 Å². The van der Waals surface area contributed by atoms with Crippen molar-refractivity contribution >= 4 is 22.9 Å². The summed E-state index contributed by atoms with van der Waals surface area (Å²) in [7, 11) is 0. The monoisotopic (exact) mass is 258 g/mol. The van der Waals surface area contributed by atoms with Gasteiger partial charge in [0.05, 0.1) is 0 Å². The predicted octanol–water partition coefficient (Wildman–Crippen LogP) is 2.56. The van der Waals surface area contributed by atoms with Crippen LogP contribution in [0.1, 0.15) is 11.4 Å². The Kier molecular flexibility index (Phi) is 2.64. The molecule has 0 saturated heterocycles. The highest BCUT2D eigenvalue weighted by Crippen LogP contribution is 2.13.